The lowest BCUT2D eigenvalue weighted by Gasteiger charge is -2.07. The molecule has 3 nitrogen and oxygen atoms in total. The second-order valence-electron chi connectivity index (χ2n) is 2.91. The quantitative estimate of drug-likeness (QED) is 0.728. The maximum atomic E-state index is 11.1. The molecule has 0 N–H and O–H groups in total. The summed E-state index contributed by atoms with van der Waals surface area (Å²) in [4.78, 5) is 16.3. The minimum Gasteiger partial charge on any atom is -0.469 e. The van der Waals surface area contributed by atoms with E-state index in [1.54, 1.807) is 23.1 Å². The Hall–Kier alpha value is -0.550. The van der Waals surface area contributed by atoms with Crippen LogP contribution in [0.3, 0.4) is 0 Å². The lowest BCUT2D eigenvalue weighted by Crippen LogP contribution is -2.14. The molecule has 5 heteroatoms. The summed E-state index contributed by atoms with van der Waals surface area (Å²) in [7, 11) is 1.42. The van der Waals surface area contributed by atoms with Crippen LogP contribution in [0.25, 0.3) is 0 Å². The number of nitrogens with zero attached hydrogens (tertiary/aromatic N) is 1. The van der Waals surface area contributed by atoms with Gasteiger partial charge in [-0.3, -0.25) is 9.78 Å². The van der Waals surface area contributed by atoms with Crippen molar-refractivity contribution in [3.63, 3.8) is 0 Å². The summed E-state index contributed by atoms with van der Waals surface area (Å²) in [6, 6.07) is 0. The molecule has 0 radical (unpaired) electrons. The van der Waals surface area contributed by atoms with E-state index in [0.29, 0.717) is 0 Å². The van der Waals surface area contributed by atoms with Gasteiger partial charge >= 0.3 is 5.97 Å². The second kappa shape index (κ2) is 6.03. The van der Waals surface area contributed by atoms with Gasteiger partial charge in [-0.05, 0) is 0 Å². The van der Waals surface area contributed by atoms with Crippen molar-refractivity contribution in [2.45, 2.75) is 12.7 Å². The molecule has 78 valence electrons. The molecule has 14 heavy (non-hydrogen) atoms. The van der Waals surface area contributed by atoms with Crippen LogP contribution in [0.5, 0.6) is 0 Å². The molecule has 0 fully saturated rings. The Morgan fingerprint density at radius 2 is 2.57 bits per heavy atom. The Labute approximate surface area is 91.9 Å². The number of thiazole rings is 1. The van der Waals surface area contributed by atoms with Gasteiger partial charge in [-0.2, -0.15) is 11.8 Å². The Balaban J connectivity index is 2.18. The largest absolute Gasteiger partial charge is 0.469 e. The summed E-state index contributed by atoms with van der Waals surface area (Å²) in [5.74, 6) is 1.55. The highest BCUT2D eigenvalue weighted by molar-refractivity contribution is 7.98. The third-order valence-electron chi connectivity index (χ3n) is 1.70. The smallest absolute Gasteiger partial charge is 0.309 e. The number of methoxy groups -OCH3 is 1. The zero-order chi connectivity index (χ0) is 10.4. The van der Waals surface area contributed by atoms with Crippen LogP contribution in [0.1, 0.15) is 11.8 Å². The van der Waals surface area contributed by atoms with E-state index in [9.17, 15) is 4.79 Å². The van der Waals surface area contributed by atoms with E-state index in [1.165, 1.54) is 12.0 Å². The maximum Gasteiger partial charge on any atom is 0.309 e. The molecule has 0 aliphatic heterocycles. The van der Waals surface area contributed by atoms with Crippen LogP contribution < -0.4 is 0 Å². The second-order valence-corrected chi connectivity index (χ2v) is 4.91. The van der Waals surface area contributed by atoms with Crippen molar-refractivity contribution in [2.24, 2.45) is 5.92 Å². The fourth-order valence-electron chi connectivity index (χ4n) is 0.919. The van der Waals surface area contributed by atoms with E-state index in [0.717, 1.165) is 11.5 Å². The molecule has 0 spiro atoms. The maximum absolute atomic E-state index is 11.1. The van der Waals surface area contributed by atoms with Gasteiger partial charge in [0.05, 0.1) is 18.5 Å². The summed E-state index contributed by atoms with van der Waals surface area (Å²) in [5.41, 5.74) is 1.82. The van der Waals surface area contributed by atoms with Crippen molar-refractivity contribution in [2.75, 3.05) is 12.9 Å². The van der Waals surface area contributed by atoms with Gasteiger partial charge in [0, 0.05) is 22.6 Å². The van der Waals surface area contributed by atoms with Crippen LogP contribution in [-0.4, -0.2) is 23.8 Å². The molecule has 1 heterocycles. The van der Waals surface area contributed by atoms with Gasteiger partial charge in [-0.1, -0.05) is 6.92 Å². The van der Waals surface area contributed by atoms with E-state index >= 15 is 0 Å². The number of hydrogen-bond donors (Lipinski definition) is 0. The normalized spacial score (nSPS) is 12.4. The van der Waals surface area contributed by atoms with Crippen molar-refractivity contribution in [1.82, 2.24) is 4.98 Å². The van der Waals surface area contributed by atoms with Crippen LogP contribution in [0.4, 0.5) is 0 Å². The minimum atomic E-state index is -0.137. The number of thioether (sulfide) groups is 1. The number of carbonyl (C=O) groups excluding carboxylic acids is 1. The average molecular weight is 231 g/mol. The first kappa shape index (κ1) is 11.5. The first-order valence-electron chi connectivity index (χ1n) is 4.27. The lowest BCUT2D eigenvalue weighted by molar-refractivity contribution is -0.143. The Bertz CT molecular complexity index is 274. The van der Waals surface area contributed by atoms with Crippen molar-refractivity contribution < 1.29 is 9.53 Å². The highest BCUT2D eigenvalue weighted by atomic mass is 32.2. The molecule has 0 aliphatic carbocycles. The number of ether oxygens (including phenoxy) is 1. The zero-order valence-corrected chi connectivity index (χ0v) is 9.86. The molecule has 0 amide bonds. The number of esters is 1. The van der Waals surface area contributed by atoms with E-state index < -0.39 is 0 Å². The molecular formula is C9H13NO2S2. The van der Waals surface area contributed by atoms with Gasteiger partial charge in [-0.25, -0.2) is 0 Å². The van der Waals surface area contributed by atoms with Gasteiger partial charge in [0.1, 0.15) is 0 Å². The first-order valence-corrected chi connectivity index (χ1v) is 6.30. The van der Waals surface area contributed by atoms with E-state index in [-0.39, 0.29) is 11.9 Å². The topological polar surface area (TPSA) is 39.2 Å². The number of aromatic nitrogens is 1. The molecule has 1 aromatic heterocycles. The number of hydrogen-bond acceptors (Lipinski definition) is 5. The van der Waals surface area contributed by atoms with Crippen molar-refractivity contribution in [3.05, 3.63) is 16.6 Å². The highest BCUT2D eigenvalue weighted by Gasteiger charge is 2.12. The summed E-state index contributed by atoms with van der Waals surface area (Å²) in [6.45, 7) is 1.88. The third kappa shape index (κ3) is 3.67. The van der Waals surface area contributed by atoms with Gasteiger partial charge in [0.25, 0.3) is 0 Å². The van der Waals surface area contributed by atoms with Gasteiger partial charge < -0.3 is 4.74 Å². The molecule has 1 rings (SSSR count). The predicted octanol–water partition coefficient (Wildman–Crippen LogP) is 2.19. The minimum absolute atomic E-state index is 0.0297. The van der Waals surface area contributed by atoms with Gasteiger partial charge in [-0.15, -0.1) is 11.3 Å². The Morgan fingerprint density at radius 1 is 1.79 bits per heavy atom. The summed E-state index contributed by atoms with van der Waals surface area (Å²) in [6.07, 6.45) is 1.86. The fraction of sp³-hybridized carbons (Fsp3) is 0.556. The van der Waals surface area contributed by atoms with E-state index in [1.807, 2.05) is 18.6 Å². The van der Waals surface area contributed by atoms with Crippen LogP contribution in [-0.2, 0) is 15.3 Å². The standard InChI is InChI=1S/C9H13NO2S2/c1-7(9(11)12-2)4-13-5-8-3-10-6-14-8/h3,6-7H,4-5H2,1-2H3. The molecule has 0 bridgehead atoms. The zero-order valence-electron chi connectivity index (χ0n) is 8.23. The molecular weight excluding hydrogens is 218 g/mol. The SMILES string of the molecule is COC(=O)C(C)CSCc1cncs1. The van der Waals surface area contributed by atoms with Crippen LogP contribution in [0, 0.1) is 5.92 Å². The highest BCUT2D eigenvalue weighted by Crippen LogP contribution is 2.18. The molecule has 1 atom stereocenters. The van der Waals surface area contributed by atoms with Crippen LogP contribution in [0.15, 0.2) is 11.7 Å². The van der Waals surface area contributed by atoms with E-state index in [2.05, 4.69) is 9.72 Å². The van der Waals surface area contributed by atoms with Crippen LogP contribution >= 0.6 is 23.1 Å². The molecule has 1 aromatic rings. The third-order valence-corrected chi connectivity index (χ3v) is 3.91. The summed E-state index contributed by atoms with van der Waals surface area (Å²) >= 11 is 3.37. The molecule has 1 unspecified atom stereocenters. The van der Waals surface area contributed by atoms with Gasteiger partial charge in [0.15, 0.2) is 0 Å². The molecule has 0 saturated heterocycles. The lowest BCUT2D eigenvalue weighted by atomic mass is 10.2. The number of carbonyl (C=O) groups is 1. The van der Waals surface area contributed by atoms with Crippen LogP contribution in [0.2, 0.25) is 0 Å². The number of rotatable bonds is 5. The van der Waals surface area contributed by atoms with Crippen molar-refractivity contribution in [1.29, 1.82) is 0 Å². The Kier molecular flexibility index (Phi) is 4.97. The summed E-state index contributed by atoms with van der Waals surface area (Å²) in [5, 5.41) is 0. The molecule has 0 aromatic carbocycles. The fourth-order valence-corrected chi connectivity index (χ4v) is 2.70. The van der Waals surface area contributed by atoms with Gasteiger partial charge in [0.2, 0.25) is 0 Å². The molecule has 0 saturated carbocycles. The van der Waals surface area contributed by atoms with Crippen molar-refractivity contribution >= 4 is 29.1 Å². The van der Waals surface area contributed by atoms with E-state index in [4.69, 9.17) is 0 Å². The predicted molar refractivity (Wildman–Crippen MR) is 59.5 cm³/mol. The monoisotopic (exact) mass is 231 g/mol. The summed E-state index contributed by atoms with van der Waals surface area (Å²) < 4.78 is 4.64. The van der Waals surface area contributed by atoms with Crippen molar-refractivity contribution in [3.8, 4) is 0 Å². The Morgan fingerprint density at radius 3 is 3.14 bits per heavy atom. The first-order chi connectivity index (χ1) is 6.74. The average Bonchev–Trinajstić information content (AvgIpc) is 2.69. The molecule has 0 aliphatic rings.